The number of carbonyl (C=O) groups is 1. The molecule has 3 aliphatic rings. The summed E-state index contributed by atoms with van der Waals surface area (Å²) >= 11 is 0. The summed E-state index contributed by atoms with van der Waals surface area (Å²) in [5.41, 5.74) is -1.36. The number of nitrogens with one attached hydrogen (secondary N) is 1. The predicted molar refractivity (Wildman–Crippen MR) is 60.3 cm³/mol. The van der Waals surface area contributed by atoms with Gasteiger partial charge in [0.25, 0.3) is 0 Å². The van der Waals surface area contributed by atoms with Crippen molar-refractivity contribution in [1.82, 2.24) is 5.32 Å². The molecule has 2 aliphatic heterocycles. The van der Waals surface area contributed by atoms with Gasteiger partial charge in [-0.05, 0) is 20.8 Å². The van der Waals surface area contributed by atoms with E-state index in [1.165, 1.54) is 6.21 Å². The lowest BCUT2D eigenvalue weighted by Gasteiger charge is -2.42. The first-order valence-corrected chi connectivity index (χ1v) is 5.62. The Hall–Kier alpha value is -1.30. The van der Waals surface area contributed by atoms with E-state index in [2.05, 4.69) is 10.5 Å². The number of oxime groups is 1. The molecule has 0 spiro atoms. The highest BCUT2D eigenvalue weighted by Crippen LogP contribution is 2.50. The molecule has 2 heterocycles. The van der Waals surface area contributed by atoms with E-state index in [1.807, 2.05) is 20.8 Å². The topological polar surface area (TPSA) is 80.2 Å². The Labute approximate surface area is 100.0 Å². The molecular weight excluding hydrogens is 224 g/mol. The summed E-state index contributed by atoms with van der Waals surface area (Å²) in [6, 6.07) is 0. The van der Waals surface area contributed by atoms with Crippen LogP contribution in [0.15, 0.2) is 5.16 Å². The average Bonchev–Trinajstić information content (AvgIpc) is 2.55. The molecule has 2 N–H and O–H groups in total. The Morgan fingerprint density at radius 3 is 2.71 bits per heavy atom. The van der Waals surface area contributed by atoms with Crippen LogP contribution in [0, 0.1) is 0 Å². The summed E-state index contributed by atoms with van der Waals surface area (Å²) < 4.78 is 10.7. The quantitative estimate of drug-likeness (QED) is 0.434. The maximum Gasteiger partial charge on any atom is 0.408 e. The summed E-state index contributed by atoms with van der Waals surface area (Å²) in [4.78, 5) is 11.6. The van der Waals surface area contributed by atoms with Gasteiger partial charge >= 0.3 is 6.09 Å². The SMILES string of the molecule is CC(C)(C)OC(=O)NC12COC(/C=N\O)(C1)C2. The highest BCUT2D eigenvalue weighted by molar-refractivity contribution is 5.75. The third kappa shape index (κ3) is 2.36. The van der Waals surface area contributed by atoms with Gasteiger partial charge in [0, 0.05) is 12.8 Å². The van der Waals surface area contributed by atoms with Crippen LogP contribution in [-0.2, 0) is 9.47 Å². The molecule has 0 aromatic rings. The number of hydrogen-bond acceptors (Lipinski definition) is 5. The Morgan fingerprint density at radius 1 is 1.53 bits per heavy atom. The van der Waals surface area contributed by atoms with Crippen molar-refractivity contribution in [3.63, 3.8) is 0 Å². The molecule has 17 heavy (non-hydrogen) atoms. The molecule has 2 saturated heterocycles. The number of alkyl carbamates (subject to hydrolysis) is 1. The van der Waals surface area contributed by atoms with Crippen molar-refractivity contribution in [2.45, 2.75) is 50.4 Å². The van der Waals surface area contributed by atoms with Crippen LogP contribution in [0.3, 0.4) is 0 Å². The number of hydrogen-bond donors (Lipinski definition) is 2. The first-order chi connectivity index (χ1) is 7.78. The average molecular weight is 242 g/mol. The monoisotopic (exact) mass is 242 g/mol. The first kappa shape index (κ1) is 12.2. The van der Waals surface area contributed by atoms with E-state index < -0.39 is 17.3 Å². The summed E-state index contributed by atoms with van der Waals surface area (Å²) in [5.74, 6) is 0. The molecule has 1 aliphatic carbocycles. The van der Waals surface area contributed by atoms with Crippen molar-refractivity contribution in [1.29, 1.82) is 0 Å². The van der Waals surface area contributed by atoms with Gasteiger partial charge in [-0.2, -0.15) is 0 Å². The number of rotatable bonds is 2. The predicted octanol–water partition coefficient (Wildman–Crippen LogP) is 1.27. The molecule has 1 amide bonds. The zero-order valence-electron chi connectivity index (χ0n) is 10.3. The lowest BCUT2D eigenvalue weighted by molar-refractivity contribution is 0.0360. The third-order valence-corrected chi connectivity index (χ3v) is 2.97. The molecular formula is C11H18N2O4. The van der Waals surface area contributed by atoms with Crippen LogP contribution in [0.5, 0.6) is 0 Å². The second-order valence-electron chi connectivity index (χ2n) is 5.86. The molecule has 3 fully saturated rings. The van der Waals surface area contributed by atoms with Crippen molar-refractivity contribution < 1.29 is 19.5 Å². The number of amides is 1. The van der Waals surface area contributed by atoms with E-state index in [0.29, 0.717) is 19.4 Å². The minimum Gasteiger partial charge on any atom is -0.444 e. The molecule has 6 nitrogen and oxygen atoms in total. The molecule has 0 aromatic carbocycles. The minimum absolute atomic E-state index is 0.358. The van der Waals surface area contributed by atoms with E-state index in [0.717, 1.165) is 0 Å². The van der Waals surface area contributed by atoms with Gasteiger partial charge in [0.2, 0.25) is 0 Å². The highest BCUT2D eigenvalue weighted by Gasteiger charge is 2.63. The molecule has 0 unspecified atom stereocenters. The smallest absolute Gasteiger partial charge is 0.408 e. The van der Waals surface area contributed by atoms with Crippen LogP contribution in [-0.4, -0.2) is 40.9 Å². The lowest BCUT2D eigenvalue weighted by Crippen LogP contribution is -2.60. The van der Waals surface area contributed by atoms with Crippen molar-refractivity contribution in [2.75, 3.05) is 6.61 Å². The van der Waals surface area contributed by atoms with Crippen LogP contribution in [0.2, 0.25) is 0 Å². The van der Waals surface area contributed by atoms with E-state index in [9.17, 15) is 4.79 Å². The van der Waals surface area contributed by atoms with E-state index in [4.69, 9.17) is 14.7 Å². The molecule has 3 rings (SSSR count). The van der Waals surface area contributed by atoms with E-state index in [-0.39, 0.29) is 5.54 Å². The van der Waals surface area contributed by atoms with Crippen LogP contribution in [0.1, 0.15) is 33.6 Å². The molecule has 1 saturated carbocycles. The van der Waals surface area contributed by atoms with Crippen LogP contribution in [0.25, 0.3) is 0 Å². The van der Waals surface area contributed by atoms with E-state index in [1.54, 1.807) is 0 Å². The number of fused-ring (bicyclic) bond motifs is 1. The van der Waals surface area contributed by atoms with Gasteiger partial charge in [-0.1, -0.05) is 5.16 Å². The van der Waals surface area contributed by atoms with Gasteiger partial charge in [-0.3, -0.25) is 0 Å². The third-order valence-electron chi connectivity index (χ3n) is 2.97. The van der Waals surface area contributed by atoms with Gasteiger partial charge in [-0.25, -0.2) is 4.79 Å². The summed E-state index contributed by atoms with van der Waals surface area (Å²) in [7, 11) is 0. The fraction of sp³-hybridized carbons (Fsp3) is 0.818. The van der Waals surface area contributed by atoms with E-state index >= 15 is 0 Å². The number of nitrogens with zero attached hydrogens (tertiary/aromatic N) is 1. The second-order valence-corrected chi connectivity index (χ2v) is 5.86. The lowest BCUT2D eigenvalue weighted by atomic mass is 9.69. The van der Waals surface area contributed by atoms with Gasteiger partial charge < -0.3 is 20.0 Å². The summed E-state index contributed by atoms with van der Waals surface area (Å²) in [5, 5.41) is 14.3. The van der Waals surface area contributed by atoms with Crippen molar-refractivity contribution in [3.05, 3.63) is 0 Å². The van der Waals surface area contributed by atoms with Gasteiger partial charge in [0.15, 0.2) is 0 Å². The highest BCUT2D eigenvalue weighted by atomic mass is 16.6. The fourth-order valence-electron chi connectivity index (χ4n) is 2.46. The van der Waals surface area contributed by atoms with Crippen LogP contribution in [0.4, 0.5) is 4.79 Å². The van der Waals surface area contributed by atoms with Crippen molar-refractivity contribution in [3.8, 4) is 0 Å². The molecule has 0 radical (unpaired) electrons. The standard InChI is InChI=1S/C11H18N2O4/c1-9(2,3)17-8(14)13-10-4-11(5-10,6-12-15)16-7-10/h6,15H,4-5,7H2,1-3H3,(H,13,14)/b12-6-. The Morgan fingerprint density at radius 2 is 2.18 bits per heavy atom. The molecule has 0 aromatic heterocycles. The maximum atomic E-state index is 11.6. The molecule has 0 atom stereocenters. The van der Waals surface area contributed by atoms with Crippen molar-refractivity contribution >= 4 is 12.3 Å². The summed E-state index contributed by atoms with van der Waals surface area (Å²) in [6.45, 7) is 5.88. The van der Waals surface area contributed by atoms with Crippen LogP contribution >= 0.6 is 0 Å². The Balaban J connectivity index is 1.89. The van der Waals surface area contributed by atoms with Gasteiger partial charge in [-0.15, -0.1) is 0 Å². The molecule has 6 heteroatoms. The normalized spacial score (nSPS) is 35.7. The largest absolute Gasteiger partial charge is 0.444 e. The van der Waals surface area contributed by atoms with Crippen molar-refractivity contribution in [2.24, 2.45) is 5.16 Å². The second kappa shape index (κ2) is 3.60. The fourth-order valence-corrected chi connectivity index (χ4v) is 2.46. The first-order valence-electron chi connectivity index (χ1n) is 5.62. The maximum absolute atomic E-state index is 11.6. The zero-order chi connectivity index (χ0) is 12.7. The Bertz CT molecular complexity index is 353. The van der Waals surface area contributed by atoms with Gasteiger partial charge in [0.05, 0.1) is 18.4 Å². The Kier molecular flexibility index (Phi) is 2.57. The number of carbonyl (C=O) groups excluding carboxylic acids is 1. The number of ether oxygens (including phenoxy) is 2. The molecule has 2 bridgehead atoms. The van der Waals surface area contributed by atoms with Gasteiger partial charge in [0.1, 0.15) is 11.2 Å². The molecule has 96 valence electrons. The van der Waals surface area contributed by atoms with Crippen LogP contribution < -0.4 is 5.32 Å². The summed E-state index contributed by atoms with van der Waals surface area (Å²) in [6.07, 6.45) is 2.21. The zero-order valence-corrected chi connectivity index (χ0v) is 10.3. The minimum atomic E-state index is -0.506.